The summed E-state index contributed by atoms with van der Waals surface area (Å²) in [4.78, 5) is 18.9. The molecule has 25 heavy (non-hydrogen) atoms. The molecule has 0 bridgehead atoms. The molecule has 0 atom stereocenters. The quantitative estimate of drug-likeness (QED) is 0.418. The summed E-state index contributed by atoms with van der Waals surface area (Å²) in [6.07, 6.45) is 1.79. The first-order valence-corrected chi connectivity index (χ1v) is 8.57. The molecular weight excluding hydrogens is 336 g/mol. The largest absolute Gasteiger partial charge is 0.457 e. The Balaban J connectivity index is 2.14. The van der Waals surface area contributed by atoms with E-state index < -0.39 is 0 Å². The highest BCUT2D eigenvalue weighted by Crippen LogP contribution is 2.25. The number of halogens is 1. The van der Waals surface area contributed by atoms with Crippen LogP contribution in [0, 0.1) is 13.8 Å². The summed E-state index contributed by atoms with van der Waals surface area (Å²) in [5, 5.41) is 0.591. The minimum absolute atomic E-state index is 0.151. The lowest BCUT2D eigenvalue weighted by molar-refractivity contribution is 0.0472. The fraction of sp³-hybridized carbons (Fsp3) is 0.300. The highest BCUT2D eigenvalue weighted by atomic mass is 35.5. The average molecular weight is 359 g/mol. The van der Waals surface area contributed by atoms with Crippen LogP contribution in [-0.4, -0.2) is 30.8 Å². The summed E-state index contributed by atoms with van der Waals surface area (Å²) in [5.41, 5.74) is 4.02. The molecular formula is C20H23ClN2O2. The number of rotatable bonds is 6. The summed E-state index contributed by atoms with van der Waals surface area (Å²) >= 11 is 6.09. The van der Waals surface area contributed by atoms with Gasteiger partial charge in [-0.25, -0.2) is 9.79 Å². The molecule has 2 aromatic carbocycles. The van der Waals surface area contributed by atoms with Gasteiger partial charge in [-0.15, -0.1) is 0 Å². The second-order valence-corrected chi connectivity index (χ2v) is 6.27. The topological polar surface area (TPSA) is 41.9 Å². The molecule has 0 aliphatic carbocycles. The van der Waals surface area contributed by atoms with Gasteiger partial charge in [0.15, 0.2) is 0 Å². The highest BCUT2D eigenvalue weighted by Gasteiger charge is 2.14. The third-order valence-corrected chi connectivity index (χ3v) is 4.56. The van der Waals surface area contributed by atoms with E-state index in [1.54, 1.807) is 18.5 Å². The van der Waals surface area contributed by atoms with Gasteiger partial charge in [0, 0.05) is 24.2 Å². The molecule has 0 heterocycles. The number of nitrogens with zero attached hydrogens (tertiary/aromatic N) is 2. The number of carbonyl (C=O) groups is 1. The molecule has 2 aromatic rings. The van der Waals surface area contributed by atoms with Crippen LogP contribution in [0.1, 0.15) is 34.0 Å². The Labute approximate surface area is 154 Å². The molecule has 0 unspecified atom stereocenters. The van der Waals surface area contributed by atoms with Gasteiger partial charge in [-0.3, -0.25) is 0 Å². The lowest BCUT2D eigenvalue weighted by Gasteiger charge is -2.13. The molecule has 0 saturated heterocycles. The Kier molecular flexibility index (Phi) is 6.59. The van der Waals surface area contributed by atoms with E-state index >= 15 is 0 Å². The highest BCUT2D eigenvalue weighted by molar-refractivity contribution is 6.31. The van der Waals surface area contributed by atoms with Gasteiger partial charge in [0.05, 0.1) is 17.6 Å². The molecule has 0 saturated carbocycles. The van der Waals surface area contributed by atoms with Crippen molar-refractivity contribution < 1.29 is 9.53 Å². The number of ether oxygens (including phenoxy) is 1. The SMILES string of the molecule is CCN(C)C=Nc1ccc(C(=O)OCc2ccccc2Cl)c(C)c1C. The zero-order valence-corrected chi connectivity index (χ0v) is 15.8. The van der Waals surface area contributed by atoms with Crippen molar-refractivity contribution in [3.63, 3.8) is 0 Å². The molecule has 4 nitrogen and oxygen atoms in total. The zero-order chi connectivity index (χ0) is 18.4. The number of hydrogen-bond acceptors (Lipinski definition) is 3. The molecule has 0 aromatic heterocycles. The van der Waals surface area contributed by atoms with Crippen LogP contribution in [-0.2, 0) is 11.3 Å². The third-order valence-electron chi connectivity index (χ3n) is 4.19. The van der Waals surface area contributed by atoms with Crippen LogP contribution in [0.4, 0.5) is 5.69 Å². The van der Waals surface area contributed by atoms with E-state index in [1.807, 2.05) is 50.1 Å². The molecule has 0 aliphatic heterocycles. The first-order chi connectivity index (χ1) is 11.9. The smallest absolute Gasteiger partial charge is 0.338 e. The van der Waals surface area contributed by atoms with E-state index in [1.165, 1.54) is 0 Å². The fourth-order valence-corrected chi connectivity index (χ4v) is 2.44. The van der Waals surface area contributed by atoms with Crippen LogP contribution < -0.4 is 0 Å². The monoisotopic (exact) mass is 358 g/mol. The van der Waals surface area contributed by atoms with E-state index in [-0.39, 0.29) is 12.6 Å². The van der Waals surface area contributed by atoms with Gasteiger partial charge in [0.1, 0.15) is 6.61 Å². The summed E-state index contributed by atoms with van der Waals surface area (Å²) in [6.45, 7) is 6.96. The summed E-state index contributed by atoms with van der Waals surface area (Å²) in [6, 6.07) is 10.9. The van der Waals surface area contributed by atoms with E-state index in [0.29, 0.717) is 10.6 Å². The lowest BCUT2D eigenvalue weighted by atomic mass is 10.0. The fourth-order valence-electron chi connectivity index (χ4n) is 2.25. The molecule has 0 N–H and O–H groups in total. The molecule has 0 aliphatic rings. The van der Waals surface area contributed by atoms with E-state index in [2.05, 4.69) is 11.9 Å². The van der Waals surface area contributed by atoms with Crippen LogP contribution in [0.25, 0.3) is 0 Å². The summed E-state index contributed by atoms with van der Waals surface area (Å²) in [7, 11) is 1.96. The van der Waals surface area contributed by atoms with Crippen molar-refractivity contribution in [2.75, 3.05) is 13.6 Å². The Morgan fingerprint density at radius 3 is 2.60 bits per heavy atom. The first-order valence-electron chi connectivity index (χ1n) is 8.19. The minimum Gasteiger partial charge on any atom is -0.457 e. The van der Waals surface area contributed by atoms with Gasteiger partial charge in [-0.1, -0.05) is 29.8 Å². The number of carbonyl (C=O) groups excluding carboxylic acids is 1. The number of esters is 1. The van der Waals surface area contributed by atoms with Crippen molar-refractivity contribution in [2.24, 2.45) is 4.99 Å². The number of hydrogen-bond donors (Lipinski definition) is 0. The van der Waals surface area contributed by atoms with Crippen LogP contribution in [0.5, 0.6) is 0 Å². The first kappa shape index (κ1) is 19.0. The normalized spacial score (nSPS) is 10.9. The Bertz CT molecular complexity index is 787. The average Bonchev–Trinajstić information content (AvgIpc) is 2.61. The standard InChI is InChI=1S/C20H23ClN2O2/c1-5-23(4)13-22-19-11-10-17(14(2)15(19)3)20(24)25-12-16-8-6-7-9-18(16)21/h6-11,13H,5,12H2,1-4H3. The molecule has 2 rings (SSSR count). The van der Waals surface area contributed by atoms with Crippen LogP contribution in [0.3, 0.4) is 0 Å². The van der Waals surface area contributed by atoms with Crippen molar-refractivity contribution in [2.45, 2.75) is 27.4 Å². The third kappa shape index (κ3) is 4.83. The van der Waals surface area contributed by atoms with E-state index in [4.69, 9.17) is 16.3 Å². The molecule has 5 heteroatoms. The molecule has 0 spiro atoms. The summed E-state index contributed by atoms with van der Waals surface area (Å²) in [5.74, 6) is -0.360. The van der Waals surface area contributed by atoms with Crippen LogP contribution in [0.2, 0.25) is 5.02 Å². The van der Waals surface area contributed by atoms with E-state index in [0.717, 1.165) is 28.9 Å². The van der Waals surface area contributed by atoms with Gasteiger partial charge < -0.3 is 9.64 Å². The van der Waals surface area contributed by atoms with Crippen LogP contribution in [0.15, 0.2) is 41.4 Å². The maximum absolute atomic E-state index is 12.4. The molecule has 0 amide bonds. The van der Waals surface area contributed by atoms with Gasteiger partial charge in [-0.05, 0) is 50.1 Å². The Morgan fingerprint density at radius 2 is 1.92 bits per heavy atom. The van der Waals surface area contributed by atoms with Gasteiger partial charge in [0.25, 0.3) is 0 Å². The minimum atomic E-state index is -0.360. The lowest BCUT2D eigenvalue weighted by Crippen LogP contribution is -2.14. The molecule has 132 valence electrons. The van der Waals surface area contributed by atoms with Gasteiger partial charge in [0.2, 0.25) is 0 Å². The zero-order valence-electron chi connectivity index (χ0n) is 15.0. The van der Waals surface area contributed by atoms with Crippen LogP contribution >= 0.6 is 11.6 Å². The van der Waals surface area contributed by atoms with Crippen molar-refractivity contribution >= 4 is 29.6 Å². The van der Waals surface area contributed by atoms with Crippen molar-refractivity contribution in [3.05, 3.63) is 63.7 Å². The Morgan fingerprint density at radius 1 is 1.20 bits per heavy atom. The summed E-state index contributed by atoms with van der Waals surface area (Å²) < 4.78 is 5.42. The Hall–Kier alpha value is -2.33. The maximum atomic E-state index is 12.4. The number of benzene rings is 2. The van der Waals surface area contributed by atoms with Crippen molar-refractivity contribution in [1.29, 1.82) is 0 Å². The predicted octanol–water partition coefficient (Wildman–Crippen LogP) is 4.93. The molecule has 0 radical (unpaired) electrons. The molecule has 0 fully saturated rings. The number of aliphatic imine (C=N–C) groups is 1. The van der Waals surface area contributed by atoms with Gasteiger partial charge >= 0.3 is 5.97 Å². The maximum Gasteiger partial charge on any atom is 0.338 e. The second kappa shape index (κ2) is 8.67. The van der Waals surface area contributed by atoms with Gasteiger partial charge in [-0.2, -0.15) is 0 Å². The van der Waals surface area contributed by atoms with Crippen molar-refractivity contribution in [1.82, 2.24) is 4.90 Å². The van der Waals surface area contributed by atoms with E-state index in [9.17, 15) is 4.79 Å². The van der Waals surface area contributed by atoms with Crippen molar-refractivity contribution in [3.8, 4) is 0 Å². The predicted molar refractivity (Wildman–Crippen MR) is 103 cm³/mol. The second-order valence-electron chi connectivity index (χ2n) is 5.87.